The summed E-state index contributed by atoms with van der Waals surface area (Å²) in [5.74, 6) is 1.38. The number of para-hydroxylation sites is 1. The van der Waals surface area contributed by atoms with Gasteiger partial charge in [-0.15, -0.1) is 0 Å². The zero-order valence-corrected chi connectivity index (χ0v) is 12.7. The lowest BCUT2D eigenvalue weighted by atomic mass is 10.3. The van der Waals surface area contributed by atoms with Gasteiger partial charge in [0.05, 0.1) is 18.1 Å². The first-order valence-electron chi connectivity index (χ1n) is 6.66. The number of sulfone groups is 1. The maximum Gasteiger partial charge on any atom is 0.175 e. The highest BCUT2D eigenvalue weighted by Crippen LogP contribution is 2.17. The van der Waals surface area contributed by atoms with E-state index in [2.05, 4.69) is 0 Å². The van der Waals surface area contributed by atoms with Gasteiger partial charge in [-0.1, -0.05) is 24.3 Å². The number of ether oxygens (including phenoxy) is 2. The molecular weight excluding hydrogens is 288 g/mol. The largest absolute Gasteiger partial charge is 0.493 e. The molecule has 112 valence electrons. The molecule has 21 heavy (non-hydrogen) atoms. The average Bonchev–Trinajstić information content (AvgIpc) is 2.47. The van der Waals surface area contributed by atoms with Crippen molar-refractivity contribution in [2.45, 2.75) is 11.3 Å². The third-order valence-corrected chi connectivity index (χ3v) is 3.91. The van der Waals surface area contributed by atoms with Crippen LogP contribution < -0.4 is 9.47 Å². The maximum atomic E-state index is 11.4. The summed E-state index contributed by atoms with van der Waals surface area (Å²) in [6, 6.07) is 16.1. The average molecular weight is 306 g/mol. The van der Waals surface area contributed by atoms with Crippen LogP contribution in [0, 0.1) is 0 Å². The molecule has 2 aromatic carbocycles. The van der Waals surface area contributed by atoms with Gasteiger partial charge in [-0.25, -0.2) is 8.42 Å². The Morgan fingerprint density at radius 2 is 1.48 bits per heavy atom. The summed E-state index contributed by atoms with van der Waals surface area (Å²) < 4.78 is 34.0. The van der Waals surface area contributed by atoms with Crippen LogP contribution in [0.3, 0.4) is 0 Å². The molecule has 0 aromatic heterocycles. The van der Waals surface area contributed by atoms with E-state index in [1.807, 2.05) is 30.3 Å². The maximum absolute atomic E-state index is 11.4. The van der Waals surface area contributed by atoms with Crippen LogP contribution in [-0.2, 0) is 9.84 Å². The van der Waals surface area contributed by atoms with Gasteiger partial charge in [0, 0.05) is 12.7 Å². The van der Waals surface area contributed by atoms with Crippen LogP contribution in [0.5, 0.6) is 11.5 Å². The van der Waals surface area contributed by atoms with E-state index in [-0.39, 0.29) is 4.90 Å². The second kappa shape index (κ2) is 7.13. The van der Waals surface area contributed by atoms with E-state index in [1.54, 1.807) is 18.2 Å². The lowest BCUT2D eigenvalue weighted by Crippen LogP contribution is -2.05. The molecule has 5 heteroatoms. The van der Waals surface area contributed by atoms with Crippen molar-refractivity contribution in [2.75, 3.05) is 19.5 Å². The predicted molar refractivity (Wildman–Crippen MR) is 81.6 cm³/mol. The van der Waals surface area contributed by atoms with E-state index in [4.69, 9.17) is 9.47 Å². The van der Waals surface area contributed by atoms with Crippen LogP contribution in [-0.4, -0.2) is 27.9 Å². The molecule has 0 unspecified atom stereocenters. The summed E-state index contributed by atoms with van der Waals surface area (Å²) in [4.78, 5) is 0.264. The third-order valence-electron chi connectivity index (χ3n) is 2.80. The van der Waals surface area contributed by atoms with Gasteiger partial charge < -0.3 is 9.47 Å². The van der Waals surface area contributed by atoms with Gasteiger partial charge in [-0.2, -0.15) is 0 Å². The Morgan fingerprint density at radius 1 is 0.857 bits per heavy atom. The molecule has 0 spiro atoms. The van der Waals surface area contributed by atoms with Gasteiger partial charge in [0.15, 0.2) is 9.84 Å². The molecule has 4 nitrogen and oxygen atoms in total. The molecule has 0 radical (unpaired) electrons. The fraction of sp³-hybridized carbons (Fsp3) is 0.250. The first-order chi connectivity index (χ1) is 10.1. The minimum absolute atomic E-state index is 0.264. The molecule has 0 aliphatic rings. The Morgan fingerprint density at radius 3 is 2.14 bits per heavy atom. The van der Waals surface area contributed by atoms with E-state index >= 15 is 0 Å². The minimum atomic E-state index is -3.20. The fourth-order valence-corrected chi connectivity index (χ4v) is 2.41. The predicted octanol–water partition coefficient (Wildman–Crippen LogP) is 2.94. The summed E-state index contributed by atoms with van der Waals surface area (Å²) >= 11 is 0. The molecule has 2 aromatic rings. The highest BCUT2D eigenvalue weighted by molar-refractivity contribution is 7.90. The zero-order chi connectivity index (χ0) is 15.1. The summed E-state index contributed by atoms with van der Waals surface area (Å²) in [6.07, 6.45) is 1.90. The normalized spacial score (nSPS) is 11.1. The standard InChI is InChI=1S/C16H18O4S/c1-21(17,18)16-10-5-9-15(13-16)20-12-6-11-19-14-7-3-2-4-8-14/h2-5,7-10,13H,6,11-12H2,1H3. The number of hydrogen-bond donors (Lipinski definition) is 0. The second-order valence-corrected chi connectivity index (χ2v) is 6.63. The highest BCUT2D eigenvalue weighted by Gasteiger charge is 2.07. The van der Waals surface area contributed by atoms with Gasteiger partial charge in [0.1, 0.15) is 11.5 Å². The first kappa shape index (κ1) is 15.4. The molecule has 2 rings (SSSR count). The summed E-state index contributed by atoms with van der Waals surface area (Å²) in [6.45, 7) is 1.02. The van der Waals surface area contributed by atoms with Gasteiger partial charge >= 0.3 is 0 Å². The van der Waals surface area contributed by atoms with Gasteiger partial charge in [-0.3, -0.25) is 0 Å². The third kappa shape index (κ3) is 5.11. The Bertz CT molecular complexity index is 666. The van der Waals surface area contributed by atoms with Crippen molar-refractivity contribution in [3.05, 3.63) is 54.6 Å². The number of benzene rings is 2. The summed E-state index contributed by atoms with van der Waals surface area (Å²) in [5.41, 5.74) is 0. The molecule has 0 fully saturated rings. The molecular formula is C16H18O4S. The summed E-state index contributed by atoms with van der Waals surface area (Å²) in [5, 5.41) is 0. The van der Waals surface area contributed by atoms with E-state index in [0.717, 1.165) is 12.2 Å². The van der Waals surface area contributed by atoms with E-state index < -0.39 is 9.84 Å². The van der Waals surface area contributed by atoms with Gasteiger partial charge in [-0.05, 0) is 30.3 Å². The quantitative estimate of drug-likeness (QED) is 0.738. The molecule has 0 bridgehead atoms. The van der Waals surface area contributed by atoms with Crippen molar-refractivity contribution < 1.29 is 17.9 Å². The van der Waals surface area contributed by atoms with Crippen molar-refractivity contribution in [3.8, 4) is 11.5 Å². The fourth-order valence-electron chi connectivity index (χ4n) is 1.75. The number of rotatable bonds is 7. The number of hydrogen-bond acceptors (Lipinski definition) is 4. The molecule has 0 saturated heterocycles. The smallest absolute Gasteiger partial charge is 0.175 e. The van der Waals surface area contributed by atoms with Crippen LogP contribution in [0.2, 0.25) is 0 Å². The van der Waals surface area contributed by atoms with E-state index in [0.29, 0.717) is 19.0 Å². The van der Waals surface area contributed by atoms with Gasteiger partial charge in [0.2, 0.25) is 0 Å². The lowest BCUT2D eigenvalue weighted by molar-refractivity contribution is 0.247. The molecule has 0 heterocycles. The second-order valence-electron chi connectivity index (χ2n) is 4.61. The van der Waals surface area contributed by atoms with Crippen LogP contribution >= 0.6 is 0 Å². The van der Waals surface area contributed by atoms with Crippen LogP contribution in [0.4, 0.5) is 0 Å². The summed E-state index contributed by atoms with van der Waals surface area (Å²) in [7, 11) is -3.20. The SMILES string of the molecule is CS(=O)(=O)c1cccc(OCCCOc2ccccc2)c1. The lowest BCUT2D eigenvalue weighted by Gasteiger charge is -2.08. The van der Waals surface area contributed by atoms with Crippen LogP contribution in [0.15, 0.2) is 59.5 Å². The molecule has 0 aliphatic carbocycles. The molecule has 0 saturated carbocycles. The van der Waals surface area contributed by atoms with Gasteiger partial charge in [0.25, 0.3) is 0 Å². The zero-order valence-electron chi connectivity index (χ0n) is 11.9. The van der Waals surface area contributed by atoms with Crippen molar-refractivity contribution in [3.63, 3.8) is 0 Å². The van der Waals surface area contributed by atoms with Crippen molar-refractivity contribution in [1.29, 1.82) is 0 Å². The van der Waals surface area contributed by atoms with Crippen molar-refractivity contribution in [2.24, 2.45) is 0 Å². The Balaban J connectivity index is 1.76. The van der Waals surface area contributed by atoms with E-state index in [1.165, 1.54) is 12.3 Å². The van der Waals surface area contributed by atoms with Crippen molar-refractivity contribution in [1.82, 2.24) is 0 Å². The Labute approximate surface area is 125 Å². The highest BCUT2D eigenvalue weighted by atomic mass is 32.2. The van der Waals surface area contributed by atoms with E-state index in [9.17, 15) is 8.42 Å². The van der Waals surface area contributed by atoms with Crippen molar-refractivity contribution >= 4 is 9.84 Å². The molecule has 0 amide bonds. The Kier molecular flexibility index (Phi) is 5.22. The molecule has 0 aliphatic heterocycles. The minimum Gasteiger partial charge on any atom is -0.493 e. The monoisotopic (exact) mass is 306 g/mol. The van der Waals surface area contributed by atoms with Crippen LogP contribution in [0.1, 0.15) is 6.42 Å². The van der Waals surface area contributed by atoms with Crippen LogP contribution in [0.25, 0.3) is 0 Å². The molecule has 0 atom stereocenters. The topological polar surface area (TPSA) is 52.6 Å². The first-order valence-corrected chi connectivity index (χ1v) is 8.55. The Hall–Kier alpha value is -2.01. The molecule has 0 N–H and O–H groups in total.